The van der Waals surface area contributed by atoms with Gasteiger partial charge in [0, 0.05) is 6.10 Å². The normalized spacial score (nSPS) is 22.3. The summed E-state index contributed by atoms with van der Waals surface area (Å²) in [6, 6.07) is 19.5. The van der Waals surface area contributed by atoms with Crippen LogP contribution in [0.2, 0.25) is 18.1 Å². The molecule has 1 saturated carbocycles. The maximum Gasteiger partial charge on any atom is 0.344 e. The number of benzene rings is 2. The minimum absolute atomic E-state index is 0.0840. The van der Waals surface area contributed by atoms with Crippen LogP contribution in [-0.4, -0.2) is 38.2 Å². The number of hydrogen-bond acceptors (Lipinski definition) is 5. The lowest BCUT2D eigenvalue weighted by atomic mass is 9.73. The summed E-state index contributed by atoms with van der Waals surface area (Å²) < 4.78 is 18.8. The Hall–Kier alpha value is -2.15. The van der Waals surface area contributed by atoms with Crippen molar-refractivity contribution >= 4 is 14.3 Å². The van der Waals surface area contributed by atoms with Gasteiger partial charge in [-0.05, 0) is 97.2 Å². The molecule has 0 aliphatic heterocycles. The lowest BCUT2D eigenvalue weighted by molar-refractivity contribution is -0.147. The summed E-state index contributed by atoms with van der Waals surface area (Å²) in [5.41, 5.74) is 3.56. The molecule has 232 valence electrons. The molecule has 0 aromatic heterocycles. The van der Waals surface area contributed by atoms with E-state index in [9.17, 15) is 9.90 Å². The van der Waals surface area contributed by atoms with Crippen molar-refractivity contribution in [2.75, 3.05) is 6.61 Å². The highest BCUT2D eigenvalue weighted by Gasteiger charge is 2.48. The van der Waals surface area contributed by atoms with Gasteiger partial charge in [-0.2, -0.15) is 0 Å². The summed E-state index contributed by atoms with van der Waals surface area (Å²) in [6.45, 7) is 9.34. The molecular weight excluding hydrogens is 540 g/mol. The van der Waals surface area contributed by atoms with Gasteiger partial charge >= 0.3 is 5.97 Å². The van der Waals surface area contributed by atoms with Crippen LogP contribution in [0.5, 0.6) is 5.75 Å². The third-order valence-corrected chi connectivity index (χ3v) is 14.9. The number of carbonyl (C=O) groups excluding carboxylic acids is 1. The zero-order chi connectivity index (χ0) is 30.0. The van der Waals surface area contributed by atoms with Crippen molar-refractivity contribution in [1.82, 2.24) is 0 Å². The van der Waals surface area contributed by atoms with Gasteiger partial charge in [0.1, 0.15) is 12.4 Å². The fourth-order valence-electron chi connectivity index (χ4n) is 7.44. The Morgan fingerprint density at radius 1 is 0.952 bits per heavy atom. The molecule has 1 fully saturated rings. The van der Waals surface area contributed by atoms with Crippen LogP contribution in [-0.2, 0) is 33.4 Å². The van der Waals surface area contributed by atoms with Crippen molar-refractivity contribution in [2.24, 2.45) is 17.8 Å². The molecule has 2 aromatic carbocycles. The predicted octanol–water partition coefficient (Wildman–Crippen LogP) is 8.27. The van der Waals surface area contributed by atoms with Crippen molar-refractivity contribution in [3.63, 3.8) is 0 Å². The van der Waals surface area contributed by atoms with Crippen molar-refractivity contribution in [2.45, 2.75) is 122 Å². The number of unbranched alkanes of at least 4 members (excludes halogenated alkanes) is 2. The van der Waals surface area contributed by atoms with Gasteiger partial charge in [-0.1, -0.05) is 89.4 Å². The highest BCUT2D eigenvalue weighted by molar-refractivity contribution is 6.73. The van der Waals surface area contributed by atoms with E-state index in [-0.39, 0.29) is 31.4 Å². The van der Waals surface area contributed by atoms with Crippen LogP contribution in [0, 0.1) is 17.8 Å². The lowest BCUT2D eigenvalue weighted by Gasteiger charge is -2.36. The number of esters is 1. The molecule has 0 heterocycles. The summed E-state index contributed by atoms with van der Waals surface area (Å²) in [5, 5.41) is 10.8. The van der Waals surface area contributed by atoms with E-state index in [1.807, 2.05) is 36.4 Å². The van der Waals surface area contributed by atoms with Crippen LogP contribution in [0.1, 0.15) is 89.3 Å². The Bertz CT molecular complexity index is 1090. The summed E-state index contributed by atoms with van der Waals surface area (Å²) in [4.78, 5) is 12.5. The summed E-state index contributed by atoms with van der Waals surface area (Å²) in [5.74, 6) is 2.05. The number of aliphatic hydroxyl groups is 1. The SMILES string of the molecule is CCCCC[C@H](O)CC[C@H]1C(O[Si](CC)(CC)CC)C[C@@H]2Cc3c(cccc3OCC(=O)OCc3ccccc3)C[C@@H]21. The first-order valence-electron chi connectivity index (χ1n) is 16.7. The van der Waals surface area contributed by atoms with E-state index in [1.54, 1.807) is 0 Å². The van der Waals surface area contributed by atoms with Crippen molar-refractivity contribution in [3.8, 4) is 5.75 Å². The van der Waals surface area contributed by atoms with Crippen LogP contribution in [0.3, 0.4) is 0 Å². The number of rotatable bonds is 17. The van der Waals surface area contributed by atoms with Crippen molar-refractivity contribution < 1.29 is 23.8 Å². The van der Waals surface area contributed by atoms with E-state index in [2.05, 4.69) is 39.8 Å². The Labute approximate surface area is 255 Å². The van der Waals surface area contributed by atoms with Crippen LogP contribution < -0.4 is 4.74 Å². The third kappa shape index (κ3) is 8.48. The second-order valence-corrected chi connectivity index (χ2v) is 17.4. The molecule has 0 spiro atoms. The van der Waals surface area contributed by atoms with Crippen LogP contribution in [0.25, 0.3) is 0 Å². The first-order chi connectivity index (χ1) is 20.4. The first kappa shape index (κ1) is 32.8. The fourth-order valence-corrected chi connectivity index (χ4v) is 10.4. The van der Waals surface area contributed by atoms with E-state index in [0.717, 1.165) is 74.4 Å². The molecule has 0 saturated heterocycles. The highest BCUT2D eigenvalue weighted by atomic mass is 28.4. The molecule has 0 bridgehead atoms. The van der Waals surface area contributed by atoms with E-state index in [1.165, 1.54) is 24.0 Å². The quantitative estimate of drug-likeness (QED) is 0.113. The van der Waals surface area contributed by atoms with Gasteiger partial charge < -0.3 is 19.0 Å². The Morgan fingerprint density at radius 3 is 2.43 bits per heavy atom. The lowest BCUT2D eigenvalue weighted by Crippen LogP contribution is -2.42. The van der Waals surface area contributed by atoms with Gasteiger partial charge in [-0.3, -0.25) is 0 Å². The van der Waals surface area contributed by atoms with Crippen LogP contribution in [0.15, 0.2) is 48.5 Å². The summed E-state index contributed by atoms with van der Waals surface area (Å²) >= 11 is 0. The summed E-state index contributed by atoms with van der Waals surface area (Å²) in [6.07, 6.45) is 9.46. The number of fused-ring (bicyclic) bond motifs is 2. The number of ether oxygens (including phenoxy) is 2. The maximum atomic E-state index is 12.5. The second kappa shape index (κ2) is 16.1. The van der Waals surface area contributed by atoms with Crippen molar-refractivity contribution in [1.29, 1.82) is 0 Å². The first-order valence-corrected chi connectivity index (χ1v) is 19.2. The Balaban J connectivity index is 1.44. The Kier molecular flexibility index (Phi) is 12.5. The second-order valence-electron chi connectivity index (χ2n) is 12.7. The van der Waals surface area contributed by atoms with Crippen molar-refractivity contribution in [3.05, 3.63) is 65.2 Å². The molecule has 2 aliphatic rings. The van der Waals surface area contributed by atoms with E-state index >= 15 is 0 Å². The number of hydrogen-bond donors (Lipinski definition) is 1. The maximum absolute atomic E-state index is 12.5. The van der Waals surface area contributed by atoms with E-state index in [0.29, 0.717) is 17.8 Å². The fraction of sp³-hybridized carbons (Fsp3) is 0.639. The molecule has 0 radical (unpaired) electrons. The number of aliphatic hydroxyl groups excluding tert-OH is 1. The van der Waals surface area contributed by atoms with Gasteiger partial charge in [0.25, 0.3) is 0 Å². The minimum Gasteiger partial charge on any atom is -0.482 e. The molecule has 4 rings (SSSR count). The molecule has 2 aliphatic carbocycles. The average Bonchev–Trinajstić information content (AvgIpc) is 3.35. The van der Waals surface area contributed by atoms with Gasteiger partial charge in [-0.25, -0.2) is 4.79 Å². The molecule has 0 amide bonds. The van der Waals surface area contributed by atoms with Crippen LogP contribution in [0.4, 0.5) is 0 Å². The van der Waals surface area contributed by atoms with E-state index in [4.69, 9.17) is 13.9 Å². The monoisotopic (exact) mass is 594 g/mol. The molecule has 5 atom stereocenters. The minimum atomic E-state index is -1.76. The number of carbonyl (C=O) groups is 1. The van der Waals surface area contributed by atoms with Gasteiger partial charge in [0.05, 0.1) is 6.10 Å². The summed E-state index contributed by atoms with van der Waals surface area (Å²) in [7, 11) is -1.76. The Morgan fingerprint density at radius 2 is 1.71 bits per heavy atom. The molecular formula is C36H54O5Si. The molecule has 1 N–H and O–H groups in total. The standard InChI is InChI=1S/C36H54O5Si/c1-5-9-11-18-30(37)20-21-31-32-22-28-17-14-19-34(39-26-36(38)40-25-27-15-12-10-13-16-27)33(28)23-29(32)24-35(31)41-42(6-2,7-3)8-4/h10,12-17,19,29-32,35,37H,5-9,11,18,20-26H2,1-4H3/t29-,30-,31+,32-,35?/m0/s1. The molecule has 42 heavy (non-hydrogen) atoms. The highest BCUT2D eigenvalue weighted by Crippen LogP contribution is 2.50. The topological polar surface area (TPSA) is 65.0 Å². The average molecular weight is 595 g/mol. The molecule has 6 heteroatoms. The van der Waals surface area contributed by atoms with E-state index < -0.39 is 8.32 Å². The van der Waals surface area contributed by atoms with Gasteiger partial charge in [-0.15, -0.1) is 0 Å². The molecule has 2 aromatic rings. The predicted molar refractivity (Wildman–Crippen MR) is 172 cm³/mol. The zero-order valence-electron chi connectivity index (χ0n) is 26.5. The molecule has 5 nitrogen and oxygen atoms in total. The largest absolute Gasteiger partial charge is 0.482 e. The third-order valence-electron chi connectivity index (χ3n) is 10.2. The zero-order valence-corrected chi connectivity index (χ0v) is 27.5. The van der Waals surface area contributed by atoms with Crippen LogP contribution >= 0.6 is 0 Å². The van der Waals surface area contributed by atoms with Gasteiger partial charge in [0.15, 0.2) is 14.9 Å². The van der Waals surface area contributed by atoms with Gasteiger partial charge in [0.2, 0.25) is 0 Å². The molecule has 1 unspecified atom stereocenters. The smallest absolute Gasteiger partial charge is 0.344 e.